The highest BCUT2D eigenvalue weighted by Crippen LogP contribution is 2.36. The van der Waals surface area contributed by atoms with Crippen LogP contribution in [0.15, 0.2) is 54.6 Å². The summed E-state index contributed by atoms with van der Waals surface area (Å²) in [6.45, 7) is 4.92. The van der Waals surface area contributed by atoms with E-state index in [1.807, 2.05) is 47.4 Å². The molecule has 2 aromatic carbocycles. The zero-order valence-electron chi connectivity index (χ0n) is 17.5. The molecule has 2 amide bonds. The molecule has 4 aromatic rings. The van der Waals surface area contributed by atoms with Gasteiger partial charge in [0.15, 0.2) is 0 Å². The van der Waals surface area contributed by atoms with Gasteiger partial charge in [-0.3, -0.25) is 5.32 Å². The maximum atomic E-state index is 13.1. The molecule has 31 heavy (non-hydrogen) atoms. The lowest BCUT2D eigenvalue weighted by atomic mass is 9.85. The molecule has 1 aliphatic rings. The number of aromatic amines is 1. The minimum atomic E-state index is -0.285. The third kappa shape index (κ3) is 3.67. The molecular weight excluding hydrogens is 408 g/mol. The van der Waals surface area contributed by atoms with E-state index in [1.165, 1.54) is 11.3 Å². The van der Waals surface area contributed by atoms with E-state index in [1.54, 1.807) is 0 Å². The van der Waals surface area contributed by atoms with Gasteiger partial charge in [0.05, 0.1) is 17.1 Å². The monoisotopic (exact) mass is 432 g/mol. The number of nitrogens with one attached hydrogen (secondary N) is 2. The minimum absolute atomic E-state index is 0.0689. The first-order chi connectivity index (χ1) is 15.0. The highest BCUT2D eigenvalue weighted by molar-refractivity contribution is 7.15. The topological polar surface area (TPSA) is 86.8 Å². The van der Waals surface area contributed by atoms with Crippen molar-refractivity contribution >= 4 is 33.5 Å². The first-order valence-corrected chi connectivity index (χ1v) is 11.3. The van der Waals surface area contributed by atoms with Crippen molar-refractivity contribution < 1.29 is 4.79 Å². The predicted molar refractivity (Wildman–Crippen MR) is 122 cm³/mol. The second kappa shape index (κ2) is 7.77. The number of nitrogens with zero attached hydrogens (tertiary/aromatic N) is 4. The van der Waals surface area contributed by atoms with Crippen molar-refractivity contribution in [2.75, 3.05) is 11.9 Å². The molecule has 2 N–H and O–H groups in total. The minimum Gasteiger partial charge on any atom is -0.340 e. The summed E-state index contributed by atoms with van der Waals surface area (Å²) in [5.74, 6) is 0.831. The van der Waals surface area contributed by atoms with Gasteiger partial charge in [-0.1, -0.05) is 53.8 Å². The van der Waals surface area contributed by atoms with Gasteiger partial charge in [0, 0.05) is 12.0 Å². The summed E-state index contributed by atoms with van der Waals surface area (Å²) in [7, 11) is 0. The third-order valence-electron chi connectivity index (χ3n) is 5.91. The molecule has 0 radical (unpaired) electrons. The summed E-state index contributed by atoms with van der Waals surface area (Å²) in [5.41, 5.74) is 2.78. The van der Waals surface area contributed by atoms with E-state index in [2.05, 4.69) is 46.5 Å². The van der Waals surface area contributed by atoms with Crippen LogP contribution in [-0.4, -0.2) is 37.6 Å². The molecule has 0 spiro atoms. The fourth-order valence-electron chi connectivity index (χ4n) is 4.09. The number of para-hydroxylation sites is 2. The fourth-order valence-corrected chi connectivity index (χ4v) is 4.95. The second-order valence-corrected chi connectivity index (χ2v) is 9.30. The summed E-state index contributed by atoms with van der Waals surface area (Å²) < 4.78 is 0. The van der Waals surface area contributed by atoms with Gasteiger partial charge in [-0.2, -0.15) is 0 Å². The molecule has 2 aromatic heterocycles. The number of imidazole rings is 1. The average molecular weight is 433 g/mol. The SMILES string of the molecule is CC(C)(c1ccccc1)c1nnc(NC(=O)N2CCCC2c2nc3ccccc3[nH]2)s1. The van der Waals surface area contributed by atoms with Gasteiger partial charge >= 0.3 is 6.03 Å². The highest BCUT2D eigenvalue weighted by atomic mass is 32.1. The van der Waals surface area contributed by atoms with Crippen LogP contribution in [0.5, 0.6) is 0 Å². The number of H-pyrrole nitrogens is 1. The Morgan fingerprint density at radius 3 is 2.71 bits per heavy atom. The van der Waals surface area contributed by atoms with Gasteiger partial charge in [0.2, 0.25) is 5.13 Å². The summed E-state index contributed by atoms with van der Waals surface area (Å²) in [5, 5.41) is 12.9. The van der Waals surface area contributed by atoms with E-state index < -0.39 is 0 Å². The standard InChI is InChI=1S/C23H24N6OS/c1-23(2,15-9-4-3-5-10-15)20-27-28-21(31-20)26-22(30)29-14-8-13-18(29)19-24-16-11-6-7-12-17(16)25-19/h3-7,9-12,18H,8,13-14H2,1-2H3,(H,24,25)(H,26,28,30). The van der Waals surface area contributed by atoms with Crippen LogP contribution in [0.4, 0.5) is 9.93 Å². The third-order valence-corrected chi connectivity index (χ3v) is 7.07. The fraction of sp³-hybridized carbons (Fsp3) is 0.304. The van der Waals surface area contributed by atoms with Gasteiger partial charge in [0.25, 0.3) is 0 Å². The number of aromatic nitrogens is 4. The molecule has 1 saturated heterocycles. The molecule has 7 nitrogen and oxygen atoms in total. The van der Waals surface area contributed by atoms with Crippen molar-refractivity contribution in [3.63, 3.8) is 0 Å². The first-order valence-electron chi connectivity index (χ1n) is 10.4. The Bertz CT molecular complexity index is 1180. The number of anilines is 1. The Morgan fingerprint density at radius 2 is 1.90 bits per heavy atom. The van der Waals surface area contributed by atoms with Crippen LogP contribution in [0.2, 0.25) is 0 Å². The van der Waals surface area contributed by atoms with Gasteiger partial charge < -0.3 is 9.88 Å². The lowest BCUT2D eigenvalue weighted by molar-refractivity contribution is 0.205. The van der Waals surface area contributed by atoms with E-state index in [0.29, 0.717) is 11.7 Å². The normalized spacial score (nSPS) is 16.7. The largest absolute Gasteiger partial charge is 0.340 e. The molecule has 3 heterocycles. The number of hydrogen-bond donors (Lipinski definition) is 2. The lowest BCUT2D eigenvalue weighted by Crippen LogP contribution is -2.34. The molecule has 0 bridgehead atoms. The molecular formula is C23H24N6OS. The Morgan fingerprint density at radius 1 is 1.13 bits per heavy atom. The van der Waals surface area contributed by atoms with Gasteiger partial charge in [-0.15, -0.1) is 10.2 Å². The van der Waals surface area contributed by atoms with Gasteiger partial charge in [-0.25, -0.2) is 9.78 Å². The summed E-state index contributed by atoms with van der Waals surface area (Å²) in [6.07, 6.45) is 1.83. The maximum Gasteiger partial charge on any atom is 0.324 e. The van der Waals surface area contributed by atoms with E-state index in [-0.39, 0.29) is 17.5 Å². The van der Waals surface area contributed by atoms with E-state index in [0.717, 1.165) is 40.3 Å². The van der Waals surface area contributed by atoms with E-state index in [4.69, 9.17) is 4.98 Å². The van der Waals surface area contributed by atoms with Crippen molar-refractivity contribution in [3.8, 4) is 0 Å². The Labute approximate surface area is 184 Å². The number of benzene rings is 2. The molecule has 5 rings (SSSR count). The van der Waals surface area contributed by atoms with E-state index >= 15 is 0 Å². The Hall–Kier alpha value is -3.26. The predicted octanol–water partition coefficient (Wildman–Crippen LogP) is 5.11. The molecule has 0 saturated carbocycles. The van der Waals surface area contributed by atoms with Crippen molar-refractivity contribution in [2.24, 2.45) is 0 Å². The molecule has 1 atom stereocenters. The van der Waals surface area contributed by atoms with Crippen LogP contribution < -0.4 is 5.32 Å². The summed E-state index contributed by atoms with van der Waals surface area (Å²) in [6, 6.07) is 17.9. The Balaban J connectivity index is 1.33. The number of amides is 2. The molecule has 1 unspecified atom stereocenters. The average Bonchev–Trinajstić information content (AvgIpc) is 3.52. The van der Waals surface area contributed by atoms with Crippen LogP contribution >= 0.6 is 11.3 Å². The molecule has 1 aliphatic heterocycles. The molecule has 158 valence electrons. The van der Waals surface area contributed by atoms with Crippen molar-refractivity contribution in [3.05, 3.63) is 71.0 Å². The molecule has 1 fully saturated rings. The maximum absolute atomic E-state index is 13.1. The van der Waals surface area contributed by atoms with Crippen LogP contribution in [0.1, 0.15) is 49.1 Å². The number of likely N-dealkylation sites (tertiary alicyclic amines) is 1. The number of carbonyl (C=O) groups is 1. The van der Waals surface area contributed by atoms with Crippen LogP contribution in [0.3, 0.4) is 0 Å². The van der Waals surface area contributed by atoms with Crippen molar-refractivity contribution in [1.82, 2.24) is 25.1 Å². The first kappa shape index (κ1) is 19.7. The quantitative estimate of drug-likeness (QED) is 0.469. The van der Waals surface area contributed by atoms with Crippen LogP contribution in [-0.2, 0) is 5.41 Å². The van der Waals surface area contributed by atoms with Crippen molar-refractivity contribution in [2.45, 2.75) is 38.1 Å². The van der Waals surface area contributed by atoms with E-state index in [9.17, 15) is 4.79 Å². The number of urea groups is 1. The van der Waals surface area contributed by atoms with Gasteiger partial charge in [0.1, 0.15) is 10.8 Å². The summed E-state index contributed by atoms with van der Waals surface area (Å²) >= 11 is 1.42. The summed E-state index contributed by atoms with van der Waals surface area (Å²) in [4.78, 5) is 23.0. The number of hydrogen-bond acceptors (Lipinski definition) is 5. The second-order valence-electron chi connectivity index (χ2n) is 8.32. The molecule has 8 heteroatoms. The van der Waals surface area contributed by atoms with Crippen LogP contribution in [0.25, 0.3) is 11.0 Å². The number of fused-ring (bicyclic) bond motifs is 1. The van der Waals surface area contributed by atoms with Crippen LogP contribution in [0, 0.1) is 0 Å². The zero-order chi connectivity index (χ0) is 21.4. The smallest absolute Gasteiger partial charge is 0.324 e. The number of carbonyl (C=O) groups excluding carboxylic acids is 1. The zero-order valence-corrected chi connectivity index (χ0v) is 18.3. The lowest BCUT2D eigenvalue weighted by Gasteiger charge is -2.23. The highest BCUT2D eigenvalue weighted by Gasteiger charge is 2.33. The number of rotatable bonds is 4. The van der Waals surface area contributed by atoms with Crippen molar-refractivity contribution in [1.29, 1.82) is 0 Å². The molecule has 0 aliphatic carbocycles. The Kier molecular flexibility index (Phi) is 4.94. The van der Waals surface area contributed by atoms with Gasteiger partial charge in [-0.05, 0) is 44.4 Å².